The molecule has 0 spiro atoms. The standard InChI is InChI=1S/C28H25N3O3/c1-20(34-24-12-6-3-7-13-24)27(32)31-26-15-9-8-14-25(26)28(33)30-23-18-16-22(17-19-23)29-21-10-4-2-5-11-21/h2-20,29H,1H3,(H,30,33)(H,31,32). The first-order valence-corrected chi connectivity index (χ1v) is 10.9. The lowest BCUT2D eigenvalue weighted by Crippen LogP contribution is -2.31. The Labute approximate surface area is 198 Å². The van der Waals surface area contributed by atoms with Gasteiger partial charge in [0.1, 0.15) is 5.75 Å². The summed E-state index contributed by atoms with van der Waals surface area (Å²) in [6.07, 6.45) is -0.733. The third-order valence-electron chi connectivity index (χ3n) is 5.06. The Hall–Kier alpha value is -4.58. The van der Waals surface area contributed by atoms with E-state index in [4.69, 9.17) is 4.74 Å². The SMILES string of the molecule is CC(Oc1ccccc1)C(=O)Nc1ccccc1C(=O)Nc1ccc(Nc2ccccc2)cc1. The Morgan fingerprint density at radius 3 is 1.91 bits per heavy atom. The molecule has 0 radical (unpaired) electrons. The van der Waals surface area contributed by atoms with Crippen molar-refractivity contribution in [2.75, 3.05) is 16.0 Å². The molecule has 6 heteroatoms. The van der Waals surface area contributed by atoms with Crippen LogP contribution in [0, 0.1) is 0 Å². The lowest BCUT2D eigenvalue weighted by atomic mass is 10.1. The van der Waals surface area contributed by atoms with Crippen molar-refractivity contribution in [3.8, 4) is 5.75 Å². The first-order chi connectivity index (χ1) is 16.6. The molecule has 0 bridgehead atoms. The van der Waals surface area contributed by atoms with E-state index in [-0.39, 0.29) is 11.8 Å². The lowest BCUT2D eigenvalue weighted by Gasteiger charge is -2.16. The Bertz CT molecular complexity index is 1240. The zero-order valence-electron chi connectivity index (χ0n) is 18.7. The van der Waals surface area contributed by atoms with E-state index in [1.165, 1.54) is 0 Å². The summed E-state index contributed by atoms with van der Waals surface area (Å²) in [5.41, 5.74) is 3.30. The van der Waals surface area contributed by atoms with Gasteiger partial charge in [-0.15, -0.1) is 0 Å². The molecule has 2 amide bonds. The molecule has 170 valence electrons. The normalized spacial score (nSPS) is 11.2. The maximum Gasteiger partial charge on any atom is 0.265 e. The molecule has 0 fully saturated rings. The number of carbonyl (C=O) groups is 2. The van der Waals surface area contributed by atoms with Gasteiger partial charge in [-0.2, -0.15) is 0 Å². The molecule has 3 N–H and O–H groups in total. The predicted molar refractivity (Wildman–Crippen MR) is 136 cm³/mol. The summed E-state index contributed by atoms with van der Waals surface area (Å²) in [5, 5.41) is 8.98. The smallest absolute Gasteiger partial charge is 0.265 e. The maximum atomic E-state index is 12.9. The van der Waals surface area contributed by atoms with Crippen LogP contribution in [0.2, 0.25) is 0 Å². The quantitative estimate of drug-likeness (QED) is 0.303. The van der Waals surface area contributed by atoms with Crippen LogP contribution in [0.15, 0.2) is 109 Å². The lowest BCUT2D eigenvalue weighted by molar-refractivity contribution is -0.122. The highest BCUT2D eigenvalue weighted by molar-refractivity contribution is 6.10. The first kappa shape index (κ1) is 22.6. The van der Waals surface area contributed by atoms with Crippen LogP contribution in [0.4, 0.5) is 22.7 Å². The second kappa shape index (κ2) is 10.8. The average molecular weight is 452 g/mol. The highest BCUT2D eigenvalue weighted by atomic mass is 16.5. The molecule has 6 nitrogen and oxygen atoms in total. The summed E-state index contributed by atoms with van der Waals surface area (Å²) in [4.78, 5) is 25.6. The Kier molecular flexibility index (Phi) is 7.20. The van der Waals surface area contributed by atoms with Gasteiger partial charge in [0, 0.05) is 17.1 Å². The van der Waals surface area contributed by atoms with Gasteiger partial charge < -0.3 is 20.7 Å². The van der Waals surface area contributed by atoms with E-state index in [0.29, 0.717) is 22.7 Å². The minimum Gasteiger partial charge on any atom is -0.481 e. The number of anilines is 4. The van der Waals surface area contributed by atoms with Crippen LogP contribution in [0.3, 0.4) is 0 Å². The van der Waals surface area contributed by atoms with E-state index < -0.39 is 6.10 Å². The van der Waals surface area contributed by atoms with Crippen LogP contribution in [0.1, 0.15) is 17.3 Å². The molecule has 0 heterocycles. The largest absolute Gasteiger partial charge is 0.481 e. The van der Waals surface area contributed by atoms with Crippen molar-refractivity contribution in [1.82, 2.24) is 0 Å². The molecule has 4 aromatic carbocycles. The Morgan fingerprint density at radius 2 is 1.21 bits per heavy atom. The van der Waals surface area contributed by atoms with Gasteiger partial charge in [-0.3, -0.25) is 9.59 Å². The average Bonchev–Trinajstić information content (AvgIpc) is 2.87. The van der Waals surface area contributed by atoms with Gasteiger partial charge in [0.15, 0.2) is 6.10 Å². The summed E-state index contributed by atoms with van der Waals surface area (Å²) < 4.78 is 5.68. The van der Waals surface area contributed by atoms with Gasteiger partial charge in [0.25, 0.3) is 11.8 Å². The van der Waals surface area contributed by atoms with Crippen molar-refractivity contribution in [2.45, 2.75) is 13.0 Å². The van der Waals surface area contributed by atoms with E-state index in [1.54, 1.807) is 43.3 Å². The molecule has 0 saturated carbocycles. The minimum atomic E-state index is -0.733. The monoisotopic (exact) mass is 451 g/mol. The van der Waals surface area contributed by atoms with Crippen LogP contribution >= 0.6 is 0 Å². The molecule has 0 aliphatic heterocycles. The van der Waals surface area contributed by atoms with Crippen molar-refractivity contribution in [1.29, 1.82) is 0 Å². The summed E-state index contributed by atoms with van der Waals surface area (Å²) in [6, 6.07) is 33.2. The molecule has 0 aromatic heterocycles. The maximum absolute atomic E-state index is 12.9. The summed E-state index contributed by atoms with van der Waals surface area (Å²) in [7, 11) is 0. The minimum absolute atomic E-state index is 0.323. The third-order valence-corrected chi connectivity index (χ3v) is 5.06. The number of para-hydroxylation sites is 3. The molecule has 1 unspecified atom stereocenters. The zero-order valence-corrected chi connectivity index (χ0v) is 18.7. The van der Waals surface area contributed by atoms with Crippen LogP contribution in [0.5, 0.6) is 5.75 Å². The number of ether oxygens (including phenoxy) is 1. The van der Waals surface area contributed by atoms with Crippen molar-refractivity contribution >= 4 is 34.6 Å². The molecule has 34 heavy (non-hydrogen) atoms. The summed E-state index contributed by atoms with van der Waals surface area (Å²) >= 11 is 0. The number of hydrogen-bond donors (Lipinski definition) is 3. The second-order valence-corrected chi connectivity index (χ2v) is 7.63. The molecule has 0 saturated heterocycles. The van der Waals surface area contributed by atoms with Crippen molar-refractivity contribution in [3.05, 3.63) is 115 Å². The zero-order chi connectivity index (χ0) is 23.8. The Balaban J connectivity index is 1.39. The Morgan fingerprint density at radius 1 is 0.647 bits per heavy atom. The highest BCUT2D eigenvalue weighted by Gasteiger charge is 2.18. The van der Waals surface area contributed by atoms with E-state index in [1.807, 2.05) is 72.8 Å². The number of rotatable bonds is 8. The van der Waals surface area contributed by atoms with E-state index >= 15 is 0 Å². The van der Waals surface area contributed by atoms with Gasteiger partial charge in [-0.05, 0) is 67.6 Å². The van der Waals surface area contributed by atoms with Gasteiger partial charge in [-0.25, -0.2) is 0 Å². The van der Waals surface area contributed by atoms with Crippen LogP contribution in [0.25, 0.3) is 0 Å². The van der Waals surface area contributed by atoms with Crippen molar-refractivity contribution < 1.29 is 14.3 Å². The van der Waals surface area contributed by atoms with E-state index in [2.05, 4.69) is 16.0 Å². The van der Waals surface area contributed by atoms with Crippen molar-refractivity contribution in [3.63, 3.8) is 0 Å². The fraction of sp³-hybridized carbons (Fsp3) is 0.0714. The summed E-state index contributed by atoms with van der Waals surface area (Å²) in [5.74, 6) is -0.0712. The van der Waals surface area contributed by atoms with Crippen LogP contribution in [-0.4, -0.2) is 17.9 Å². The van der Waals surface area contributed by atoms with Gasteiger partial charge in [0.05, 0.1) is 11.3 Å². The fourth-order valence-corrected chi connectivity index (χ4v) is 3.30. The number of carbonyl (C=O) groups excluding carboxylic acids is 2. The molecular formula is C28H25N3O3. The number of hydrogen-bond acceptors (Lipinski definition) is 4. The van der Waals surface area contributed by atoms with Crippen molar-refractivity contribution in [2.24, 2.45) is 0 Å². The fourth-order valence-electron chi connectivity index (χ4n) is 3.30. The number of nitrogens with one attached hydrogen (secondary N) is 3. The van der Waals surface area contributed by atoms with E-state index in [0.717, 1.165) is 11.4 Å². The molecule has 0 aliphatic carbocycles. The van der Waals surface area contributed by atoms with Gasteiger partial charge in [0.2, 0.25) is 0 Å². The molecule has 4 rings (SSSR count). The molecular weight excluding hydrogens is 426 g/mol. The first-order valence-electron chi connectivity index (χ1n) is 10.9. The number of amides is 2. The summed E-state index contributed by atoms with van der Waals surface area (Å²) in [6.45, 7) is 1.66. The van der Waals surface area contributed by atoms with Gasteiger partial charge in [-0.1, -0.05) is 48.5 Å². The van der Waals surface area contributed by atoms with Crippen LogP contribution in [-0.2, 0) is 4.79 Å². The third kappa shape index (κ3) is 6.01. The molecule has 4 aromatic rings. The predicted octanol–water partition coefficient (Wildman–Crippen LogP) is 6.09. The molecule has 0 aliphatic rings. The topological polar surface area (TPSA) is 79.5 Å². The van der Waals surface area contributed by atoms with E-state index in [9.17, 15) is 9.59 Å². The number of benzene rings is 4. The molecule has 1 atom stereocenters. The van der Waals surface area contributed by atoms with Crippen LogP contribution < -0.4 is 20.7 Å². The second-order valence-electron chi connectivity index (χ2n) is 7.63. The highest BCUT2D eigenvalue weighted by Crippen LogP contribution is 2.21. The van der Waals surface area contributed by atoms with Gasteiger partial charge >= 0.3 is 0 Å².